The van der Waals surface area contributed by atoms with Gasteiger partial charge in [0.1, 0.15) is 11.4 Å². The number of aromatic carboxylic acids is 1. The lowest BCUT2D eigenvalue weighted by atomic mass is 9.89. The molecular weight excluding hydrogens is 789 g/mol. The van der Waals surface area contributed by atoms with Crippen LogP contribution in [0.15, 0.2) is 106 Å². The van der Waals surface area contributed by atoms with Crippen molar-refractivity contribution in [2.24, 2.45) is 15.0 Å². The number of aromatic nitrogens is 1. The van der Waals surface area contributed by atoms with Crippen molar-refractivity contribution in [3.05, 3.63) is 119 Å². The fourth-order valence-corrected chi connectivity index (χ4v) is 6.67. The van der Waals surface area contributed by atoms with Crippen molar-refractivity contribution in [1.82, 2.24) is 14.8 Å². The molecule has 4 N–H and O–H groups in total. The number of aliphatic carboxylic acids is 1. The van der Waals surface area contributed by atoms with Gasteiger partial charge in [-0.1, -0.05) is 49.4 Å². The number of allylic oxidation sites excluding steroid dienone is 2. The fourth-order valence-electron chi connectivity index (χ4n) is 6.56. The third-order valence-corrected chi connectivity index (χ3v) is 9.62. The number of carboxylic acid groups (broad SMARTS) is 2. The maximum Gasteiger partial charge on any atom is 0.354 e. The molecule has 0 saturated carbocycles. The van der Waals surface area contributed by atoms with E-state index in [2.05, 4.69) is 37.3 Å². The standard InChI is InChI=1S/C44H52N6O9S/c1-2-38-37(8-4-10-40(48-38)44(56)57)41(33-13-15-34(16-14-33)42(53)45-19-5-6-32-11-17-35(18-12-32)46-31-60)50(21-25-52)23-27-59-29-28-58-26-22-49(20-24-51)30-36-7-3-9-39(47-36)43(54)55/h3-4,7-19,38,41,51-52H,2,5-6,20-30H2,1H3,(H,54,55)(H,56,57)/t38-,41?/m1/s1. The van der Waals surface area contributed by atoms with Crippen molar-refractivity contribution in [3.63, 3.8) is 0 Å². The molecule has 1 unspecified atom stereocenters. The van der Waals surface area contributed by atoms with Gasteiger partial charge in [-0.05, 0) is 90.7 Å². The molecule has 15 nitrogen and oxygen atoms in total. The molecule has 2 aromatic carbocycles. The highest BCUT2D eigenvalue weighted by molar-refractivity contribution is 7.78. The van der Waals surface area contributed by atoms with Crippen LogP contribution in [0.25, 0.3) is 0 Å². The fraction of sp³-hybridized carbons (Fsp3) is 0.386. The number of pyridine rings is 1. The smallest absolute Gasteiger partial charge is 0.354 e. The number of aliphatic imine (C=N–C) groups is 3. The van der Waals surface area contributed by atoms with Gasteiger partial charge in [0.25, 0.3) is 5.91 Å². The van der Waals surface area contributed by atoms with E-state index in [9.17, 15) is 34.8 Å². The van der Waals surface area contributed by atoms with Crippen molar-refractivity contribution in [1.29, 1.82) is 0 Å². The summed E-state index contributed by atoms with van der Waals surface area (Å²) in [4.78, 5) is 57.1. The summed E-state index contributed by atoms with van der Waals surface area (Å²) >= 11 is 4.65. The highest BCUT2D eigenvalue weighted by Crippen LogP contribution is 2.34. The molecule has 3 aromatic rings. The number of isothiocyanates is 1. The molecule has 0 bridgehead atoms. The number of benzene rings is 2. The van der Waals surface area contributed by atoms with E-state index in [-0.39, 0.29) is 37.1 Å². The number of carbonyl (C=O) groups excluding carboxylic acids is 1. The average molecular weight is 841 g/mol. The number of carbonyl (C=O) groups is 3. The first-order chi connectivity index (χ1) is 29.2. The summed E-state index contributed by atoms with van der Waals surface area (Å²) < 4.78 is 11.8. The van der Waals surface area contributed by atoms with Gasteiger partial charge < -0.3 is 29.9 Å². The van der Waals surface area contributed by atoms with Gasteiger partial charge in [-0.3, -0.25) is 19.6 Å². The normalized spacial score (nSPS) is 14.4. The molecule has 0 spiro atoms. The molecule has 0 saturated heterocycles. The van der Waals surface area contributed by atoms with Gasteiger partial charge in [0.05, 0.1) is 68.3 Å². The summed E-state index contributed by atoms with van der Waals surface area (Å²) in [6, 6.07) is 18.6. The van der Waals surface area contributed by atoms with Gasteiger partial charge >= 0.3 is 11.9 Å². The van der Waals surface area contributed by atoms with Crippen molar-refractivity contribution in [2.75, 3.05) is 65.8 Å². The van der Waals surface area contributed by atoms with Crippen molar-refractivity contribution >= 4 is 52.8 Å². The van der Waals surface area contributed by atoms with Crippen LogP contribution >= 0.6 is 12.2 Å². The predicted molar refractivity (Wildman–Crippen MR) is 232 cm³/mol. The Morgan fingerprint density at radius 2 is 1.62 bits per heavy atom. The molecule has 16 heteroatoms. The molecule has 60 heavy (non-hydrogen) atoms. The number of nitrogens with zero attached hydrogens (tertiary/aromatic N) is 6. The maximum atomic E-state index is 13.0. The average Bonchev–Trinajstić information content (AvgIpc) is 3.47. The molecule has 2 atom stereocenters. The number of aliphatic hydroxyl groups is 2. The maximum absolute atomic E-state index is 13.0. The van der Waals surface area contributed by atoms with E-state index in [1.54, 1.807) is 36.6 Å². The Kier molecular flexibility index (Phi) is 20.4. The SMILES string of the molecule is CC[C@H]1N=C(C(=O)O)C=CC=C1C(c1ccc(C(=O)N=CCCc2ccc(N=C=S)cc2)cc1)N(CCO)CCOCCOCCN(CCO)Cc1cccc(C(=O)O)n1. The Balaban J connectivity index is 1.38. The van der Waals surface area contributed by atoms with Crippen molar-refractivity contribution in [3.8, 4) is 0 Å². The van der Waals surface area contributed by atoms with Gasteiger partial charge in [0.15, 0.2) is 0 Å². The Bertz CT molecular complexity index is 2030. The zero-order chi connectivity index (χ0) is 43.1. The van der Waals surface area contributed by atoms with Crippen molar-refractivity contribution in [2.45, 2.75) is 44.8 Å². The van der Waals surface area contributed by atoms with Gasteiger partial charge in [-0.25, -0.2) is 19.6 Å². The molecule has 0 fully saturated rings. The first-order valence-electron chi connectivity index (χ1n) is 19.7. The van der Waals surface area contributed by atoms with Crippen LogP contribution < -0.4 is 0 Å². The molecule has 2 heterocycles. The second kappa shape index (κ2) is 25.9. The predicted octanol–water partition coefficient (Wildman–Crippen LogP) is 5.02. The summed E-state index contributed by atoms with van der Waals surface area (Å²) in [6.45, 7) is 4.83. The minimum absolute atomic E-state index is 0.0427. The van der Waals surface area contributed by atoms with Crippen molar-refractivity contribution < 1.29 is 44.3 Å². The Morgan fingerprint density at radius 3 is 2.27 bits per heavy atom. The minimum Gasteiger partial charge on any atom is -0.477 e. The first kappa shape index (κ1) is 47.3. The van der Waals surface area contributed by atoms with Crippen LogP contribution in [-0.2, 0) is 27.2 Å². The molecule has 1 amide bonds. The molecule has 0 aliphatic carbocycles. The lowest BCUT2D eigenvalue weighted by Gasteiger charge is -2.35. The summed E-state index contributed by atoms with van der Waals surface area (Å²) in [5.74, 6) is -2.61. The Labute approximate surface area is 355 Å². The van der Waals surface area contributed by atoms with Crippen LogP contribution in [0, 0.1) is 0 Å². The lowest BCUT2D eigenvalue weighted by Crippen LogP contribution is -2.37. The third-order valence-electron chi connectivity index (χ3n) is 9.53. The lowest BCUT2D eigenvalue weighted by molar-refractivity contribution is -0.129. The number of aryl methyl sites for hydroxylation is 1. The van der Waals surface area contributed by atoms with Gasteiger partial charge in [-0.2, -0.15) is 4.99 Å². The van der Waals surface area contributed by atoms with Crippen LogP contribution in [0.1, 0.15) is 63.5 Å². The number of hydrogen-bond donors (Lipinski definition) is 4. The summed E-state index contributed by atoms with van der Waals surface area (Å²) in [5, 5.41) is 41.1. The molecular formula is C44H52N6O9S. The first-order valence-corrected chi connectivity index (χ1v) is 20.1. The van der Waals surface area contributed by atoms with E-state index in [0.29, 0.717) is 83.1 Å². The van der Waals surface area contributed by atoms with Crippen LogP contribution in [0.5, 0.6) is 0 Å². The van der Waals surface area contributed by atoms with Gasteiger partial charge in [-0.15, -0.1) is 0 Å². The van der Waals surface area contributed by atoms with E-state index >= 15 is 0 Å². The molecule has 1 aliphatic heterocycles. The number of thiocarbonyl (C=S) groups is 1. The number of hydrogen-bond acceptors (Lipinski definition) is 13. The number of ether oxygens (including phenoxy) is 2. The van der Waals surface area contributed by atoms with Gasteiger partial charge in [0.2, 0.25) is 0 Å². The molecule has 4 rings (SSSR count). The third kappa shape index (κ3) is 15.3. The number of carboxylic acids is 2. The van der Waals surface area contributed by atoms with E-state index in [0.717, 1.165) is 22.4 Å². The van der Waals surface area contributed by atoms with Crippen LogP contribution in [0.3, 0.4) is 0 Å². The Hall–Kier alpha value is -5.42. The molecule has 318 valence electrons. The summed E-state index contributed by atoms with van der Waals surface area (Å²) in [5.41, 5.74) is 4.33. The van der Waals surface area contributed by atoms with Crippen LogP contribution in [-0.4, -0.2) is 142 Å². The van der Waals surface area contributed by atoms with E-state index in [1.807, 2.05) is 59.2 Å². The highest BCUT2D eigenvalue weighted by Gasteiger charge is 2.30. The second-order valence-corrected chi connectivity index (χ2v) is 13.8. The summed E-state index contributed by atoms with van der Waals surface area (Å²) in [6.07, 6.45) is 8.42. The second-order valence-electron chi connectivity index (χ2n) is 13.6. The van der Waals surface area contributed by atoms with E-state index in [4.69, 9.17) is 9.47 Å². The molecule has 1 aliphatic rings. The summed E-state index contributed by atoms with van der Waals surface area (Å²) in [7, 11) is 0. The van der Waals surface area contributed by atoms with Crippen LogP contribution in [0.4, 0.5) is 5.69 Å². The topological polar surface area (TPSA) is 207 Å². The Morgan fingerprint density at radius 1 is 0.900 bits per heavy atom. The minimum atomic E-state index is -1.12. The monoisotopic (exact) mass is 840 g/mol. The number of aliphatic hydroxyl groups excluding tert-OH is 2. The molecule has 1 aromatic heterocycles. The number of rotatable bonds is 26. The quantitative estimate of drug-likeness (QED) is 0.0477. The van der Waals surface area contributed by atoms with Gasteiger partial charge in [0, 0.05) is 44.5 Å². The largest absolute Gasteiger partial charge is 0.477 e. The highest BCUT2D eigenvalue weighted by atomic mass is 32.1. The number of amides is 1. The van der Waals surface area contributed by atoms with E-state index in [1.165, 1.54) is 12.1 Å². The zero-order valence-electron chi connectivity index (χ0n) is 33.6. The molecule has 0 radical (unpaired) electrons. The van der Waals surface area contributed by atoms with E-state index < -0.39 is 24.0 Å². The zero-order valence-corrected chi connectivity index (χ0v) is 34.5. The van der Waals surface area contributed by atoms with Crippen LogP contribution in [0.2, 0.25) is 0 Å².